The Kier molecular flexibility index (Phi) is 5.77. The molecule has 2 aromatic carbocycles. The van der Waals surface area contributed by atoms with E-state index < -0.39 is 0 Å². The molecule has 3 aromatic rings. The average Bonchev–Trinajstić information content (AvgIpc) is 2.69. The second-order valence-electron chi connectivity index (χ2n) is 5.60. The Labute approximate surface area is 152 Å². The lowest BCUT2D eigenvalue weighted by Crippen LogP contribution is -1.97. The lowest BCUT2D eigenvalue weighted by Gasteiger charge is -2.06. The van der Waals surface area contributed by atoms with E-state index in [1.807, 2.05) is 37.3 Å². The maximum Gasteiger partial charge on any atom is 0.243 e. The highest BCUT2D eigenvalue weighted by Gasteiger charge is 2.02. The fourth-order valence-electron chi connectivity index (χ4n) is 2.27. The molecule has 0 bridgehead atoms. The maximum absolute atomic E-state index is 10.0. The molecule has 0 aliphatic carbocycles. The van der Waals surface area contributed by atoms with Crippen molar-refractivity contribution in [2.24, 2.45) is 5.10 Å². The molecular formula is C20H20N4O2. The van der Waals surface area contributed by atoms with Gasteiger partial charge >= 0.3 is 0 Å². The molecule has 3 rings (SSSR count). The van der Waals surface area contributed by atoms with Crippen molar-refractivity contribution < 1.29 is 9.84 Å². The molecule has 0 unspecified atom stereocenters. The normalized spacial score (nSPS) is 10.8. The van der Waals surface area contributed by atoms with E-state index in [1.54, 1.807) is 30.6 Å². The van der Waals surface area contributed by atoms with Crippen LogP contribution < -0.4 is 10.2 Å². The van der Waals surface area contributed by atoms with Crippen molar-refractivity contribution in [2.75, 3.05) is 12.0 Å². The molecule has 1 aromatic heterocycles. The molecule has 0 spiro atoms. The first-order chi connectivity index (χ1) is 12.8. The Morgan fingerprint density at radius 2 is 1.85 bits per heavy atom. The second-order valence-corrected chi connectivity index (χ2v) is 5.60. The highest BCUT2D eigenvalue weighted by atomic mass is 16.5. The highest BCUT2D eigenvalue weighted by Crippen LogP contribution is 2.22. The minimum Gasteiger partial charge on any atom is -0.507 e. The van der Waals surface area contributed by atoms with Crippen LogP contribution in [-0.4, -0.2) is 27.9 Å². The largest absolute Gasteiger partial charge is 0.507 e. The van der Waals surface area contributed by atoms with Crippen molar-refractivity contribution >= 4 is 12.2 Å². The van der Waals surface area contributed by atoms with Gasteiger partial charge in [0.2, 0.25) is 5.95 Å². The number of ether oxygens (including phenoxy) is 1. The van der Waals surface area contributed by atoms with Gasteiger partial charge in [0.05, 0.1) is 12.8 Å². The lowest BCUT2D eigenvalue weighted by molar-refractivity contribution is 0.315. The van der Waals surface area contributed by atoms with Gasteiger partial charge in [0.1, 0.15) is 11.5 Å². The minimum absolute atomic E-state index is 0.101. The first-order valence-corrected chi connectivity index (χ1v) is 8.38. The highest BCUT2D eigenvalue weighted by molar-refractivity contribution is 5.84. The van der Waals surface area contributed by atoms with Crippen molar-refractivity contribution in [1.29, 1.82) is 0 Å². The third kappa shape index (κ3) is 4.57. The quantitative estimate of drug-likeness (QED) is 0.497. The third-order valence-corrected chi connectivity index (χ3v) is 3.60. The Morgan fingerprint density at radius 1 is 1.08 bits per heavy atom. The number of aromatic hydroxyl groups is 1. The number of anilines is 1. The van der Waals surface area contributed by atoms with Gasteiger partial charge in [0.15, 0.2) is 0 Å². The second kappa shape index (κ2) is 8.62. The average molecular weight is 348 g/mol. The molecule has 0 atom stereocenters. The molecule has 26 heavy (non-hydrogen) atoms. The van der Waals surface area contributed by atoms with Crippen molar-refractivity contribution in [3.63, 3.8) is 0 Å². The first-order valence-electron chi connectivity index (χ1n) is 8.38. The summed E-state index contributed by atoms with van der Waals surface area (Å²) in [6.07, 6.45) is 5.89. The summed E-state index contributed by atoms with van der Waals surface area (Å²) in [5.41, 5.74) is 5.31. The SMILES string of the molecule is CCCOc1ccc(/C=N\Nc2ncc(-c3ccccc3)cn2)c(O)c1. The van der Waals surface area contributed by atoms with Crippen LogP contribution in [0.5, 0.6) is 11.5 Å². The summed E-state index contributed by atoms with van der Waals surface area (Å²) in [5, 5.41) is 14.1. The van der Waals surface area contributed by atoms with E-state index in [-0.39, 0.29) is 5.75 Å². The van der Waals surface area contributed by atoms with E-state index in [0.29, 0.717) is 23.9 Å². The summed E-state index contributed by atoms with van der Waals surface area (Å²) in [4.78, 5) is 8.48. The summed E-state index contributed by atoms with van der Waals surface area (Å²) >= 11 is 0. The van der Waals surface area contributed by atoms with Crippen LogP contribution in [-0.2, 0) is 0 Å². The first kappa shape index (κ1) is 17.4. The van der Waals surface area contributed by atoms with Gasteiger partial charge in [-0.05, 0) is 24.1 Å². The number of nitrogens with zero attached hydrogens (tertiary/aromatic N) is 3. The van der Waals surface area contributed by atoms with Crippen LogP contribution in [0.3, 0.4) is 0 Å². The zero-order valence-electron chi connectivity index (χ0n) is 14.5. The van der Waals surface area contributed by atoms with Gasteiger partial charge in [-0.3, -0.25) is 0 Å². The van der Waals surface area contributed by atoms with E-state index in [9.17, 15) is 5.11 Å². The number of phenolic OH excluding ortho intramolecular Hbond substituents is 1. The standard InChI is InChI=1S/C20H20N4O2/c1-2-10-26-18-9-8-16(19(25)11-18)14-23-24-20-21-12-17(13-22-20)15-6-4-3-5-7-15/h3-9,11-14,25H,2,10H2,1H3,(H,21,22,24)/b23-14-. The molecule has 0 aliphatic heterocycles. The van der Waals surface area contributed by atoms with E-state index in [4.69, 9.17) is 4.74 Å². The number of benzene rings is 2. The van der Waals surface area contributed by atoms with Gasteiger partial charge in [0.25, 0.3) is 0 Å². The van der Waals surface area contributed by atoms with Crippen molar-refractivity contribution in [3.05, 3.63) is 66.5 Å². The molecule has 0 fully saturated rings. The van der Waals surface area contributed by atoms with Crippen LogP contribution in [0, 0.1) is 0 Å². The van der Waals surface area contributed by atoms with Gasteiger partial charge in [-0.1, -0.05) is 37.3 Å². The van der Waals surface area contributed by atoms with Crippen LogP contribution in [0.2, 0.25) is 0 Å². The Morgan fingerprint density at radius 3 is 2.54 bits per heavy atom. The van der Waals surface area contributed by atoms with Gasteiger partial charge in [-0.2, -0.15) is 5.10 Å². The maximum atomic E-state index is 10.0. The number of nitrogens with one attached hydrogen (secondary N) is 1. The molecule has 0 saturated heterocycles. The Balaban J connectivity index is 1.62. The van der Waals surface area contributed by atoms with E-state index in [2.05, 4.69) is 20.5 Å². The van der Waals surface area contributed by atoms with E-state index in [0.717, 1.165) is 17.5 Å². The number of rotatable bonds is 7. The molecule has 2 N–H and O–H groups in total. The zero-order chi connectivity index (χ0) is 18.2. The van der Waals surface area contributed by atoms with Gasteiger partial charge in [-0.15, -0.1) is 0 Å². The molecular weight excluding hydrogens is 328 g/mol. The van der Waals surface area contributed by atoms with Crippen LogP contribution in [0.4, 0.5) is 5.95 Å². The number of hydrogen-bond donors (Lipinski definition) is 2. The smallest absolute Gasteiger partial charge is 0.243 e. The number of hydrogen-bond acceptors (Lipinski definition) is 6. The number of phenols is 1. The van der Waals surface area contributed by atoms with Gasteiger partial charge in [-0.25, -0.2) is 15.4 Å². The van der Waals surface area contributed by atoms with Crippen LogP contribution in [0.25, 0.3) is 11.1 Å². The molecule has 0 aliphatic rings. The minimum atomic E-state index is 0.101. The monoisotopic (exact) mass is 348 g/mol. The summed E-state index contributed by atoms with van der Waals surface area (Å²) in [6, 6.07) is 15.0. The lowest BCUT2D eigenvalue weighted by atomic mass is 10.1. The predicted octanol–water partition coefficient (Wildman–Crippen LogP) is 4.08. The van der Waals surface area contributed by atoms with Crippen molar-refractivity contribution in [2.45, 2.75) is 13.3 Å². The summed E-state index contributed by atoms with van der Waals surface area (Å²) in [7, 11) is 0. The third-order valence-electron chi connectivity index (χ3n) is 3.60. The number of aromatic nitrogens is 2. The van der Waals surface area contributed by atoms with Gasteiger partial charge in [0, 0.05) is 29.6 Å². The predicted molar refractivity (Wildman–Crippen MR) is 103 cm³/mol. The van der Waals surface area contributed by atoms with E-state index in [1.165, 1.54) is 6.21 Å². The molecule has 132 valence electrons. The zero-order valence-corrected chi connectivity index (χ0v) is 14.5. The van der Waals surface area contributed by atoms with Crippen molar-refractivity contribution in [1.82, 2.24) is 9.97 Å². The molecule has 1 heterocycles. The van der Waals surface area contributed by atoms with Gasteiger partial charge < -0.3 is 9.84 Å². The van der Waals surface area contributed by atoms with Crippen molar-refractivity contribution in [3.8, 4) is 22.6 Å². The molecule has 0 amide bonds. The fraction of sp³-hybridized carbons (Fsp3) is 0.150. The molecule has 0 saturated carbocycles. The molecule has 0 radical (unpaired) electrons. The summed E-state index contributed by atoms with van der Waals surface area (Å²) < 4.78 is 5.47. The van der Waals surface area contributed by atoms with Crippen LogP contribution in [0.15, 0.2) is 66.0 Å². The topological polar surface area (TPSA) is 79.6 Å². The van der Waals surface area contributed by atoms with Crippen LogP contribution in [0.1, 0.15) is 18.9 Å². The van der Waals surface area contributed by atoms with E-state index >= 15 is 0 Å². The Bertz CT molecular complexity index is 865. The molecule has 6 nitrogen and oxygen atoms in total. The molecule has 6 heteroatoms. The summed E-state index contributed by atoms with van der Waals surface area (Å²) in [5.74, 6) is 1.11. The summed E-state index contributed by atoms with van der Waals surface area (Å²) in [6.45, 7) is 2.64. The number of hydrazone groups is 1. The fourth-order valence-corrected chi connectivity index (χ4v) is 2.27. The van der Waals surface area contributed by atoms with Crippen LogP contribution >= 0.6 is 0 Å². The Hall–Kier alpha value is -3.41.